The zero-order valence-corrected chi connectivity index (χ0v) is 32.0. The predicted molar refractivity (Wildman–Crippen MR) is 200 cm³/mol. The summed E-state index contributed by atoms with van der Waals surface area (Å²) in [5.74, 6) is -1.81. The maximum Gasteiger partial charge on any atom is 0.264 e. The molecule has 3 aromatic carbocycles. The van der Waals surface area contributed by atoms with Crippen LogP contribution in [0.3, 0.4) is 0 Å². The SMILES string of the molecule is COc1ccc2c(c1)[C@]1(O[C@@H](CC(=O)N(CCO)Cc3ccccc3)[C@H]([Si](C)(C)F)[C@H]1C)C(=O)N2Cc1ccc(NC(=O)[C@H]2O[C@@H](O)[C@H](O)[C@@H](O)[C@@H]2O)cc1. The molecule has 3 aromatic rings. The molecule has 3 amide bonds. The van der Waals surface area contributed by atoms with Gasteiger partial charge in [0, 0.05) is 35.8 Å². The molecule has 3 heterocycles. The van der Waals surface area contributed by atoms with Crippen molar-refractivity contribution in [1.82, 2.24) is 4.90 Å². The minimum Gasteiger partial charge on any atom is -0.497 e. The lowest BCUT2D eigenvalue weighted by Crippen LogP contribution is -2.60. The highest BCUT2D eigenvalue weighted by Gasteiger charge is 2.67. The molecule has 0 unspecified atom stereocenters. The van der Waals surface area contributed by atoms with Crippen LogP contribution in [0.25, 0.3) is 0 Å². The summed E-state index contributed by atoms with van der Waals surface area (Å²) in [5.41, 5.74) is 0.476. The molecular weight excluding hydrogens is 734 g/mol. The Morgan fingerprint density at radius 2 is 1.67 bits per heavy atom. The van der Waals surface area contributed by atoms with E-state index in [1.54, 1.807) is 67.4 Å². The van der Waals surface area contributed by atoms with Gasteiger partial charge in [0.2, 0.25) is 14.3 Å². The van der Waals surface area contributed by atoms with Crippen LogP contribution >= 0.6 is 0 Å². The van der Waals surface area contributed by atoms with Crippen molar-refractivity contribution in [3.05, 3.63) is 89.5 Å². The molecular formula is C39H48FN3O11Si. The van der Waals surface area contributed by atoms with E-state index < -0.39 is 74.1 Å². The van der Waals surface area contributed by atoms with Gasteiger partial charge in [-0.2, -0.15) is 0 Å². The summed E-state index contributed by atoms with van der Waals surface area (Å²) in [6.07, 6.45) is -10.0. The van der Waals surface area contributed by atoms with Crippen LogP contribution in [0.2, 0.25) is 18.6 Å². The molecule has 3 aliphatic heterocycles. The lowest BCUT2D eigenvalue weighted by atomic mass is 9.82. The first kappa shape index (κ1) is 40.4. The summed E-state index contributed by atoms with van der Waals surface area (Å²) >= 11 is 0. The molecule has 16 heteroatoms. The van der Waals surface area contributed by atoms with Crippen LogP contribution < -0.4 is 15.0 Å². The third kappa shape index (κ3) is 7.78. The summed E-state index contributed by atoms with van der Waals surface area (Å²) in [6, 6.07) is 21.0. The quantitative estimate of drug-likeness (QED) is 0.116. The van der Waals surface area contributed by atoms with Crippen molar-refractivity contribution in [1.29, 1.82) is 0 Å². The highest BCUT2D eigenvalue weighted by molar-refractivity contribution is 6.72. The first-order chi connectivity index (χ1) is 26.1. The predicted octanol–water partition coefficient (Wildman–Crippen LogP) is 2.17. The Morgan fingerprint density at radius 3 is 2.31 bits per heavy atom. The molecule has 0 aliphatic carbocycles. The zero-order chi connectivity index (χ0) is 39.8. The first-order valence-corrected chi connectivity index (χ1v) is 21.1. The van der Waals surface area contributed by atoms with Gasteiger partial charge in [0.1, 0.15) is 24.1 Å². The summed E-state index contributed by atoms with van der Waals surface area (Å²) in [4.78, 5) is 44.7. The molecule has 0 saturated carbocycles. The highest BCUT2D eigenvalue weighted by Crippen LogP contribution is 2.60. The number of anilines is 2. The molecule has 3 aliphatic rings. The van der Waals surface area contributed by atoms with Gasteiger partial charge in [-0.3, -0.25) is 14.4 Å². The number of halogens is 1. The number of amides is 3. The van der Waals surface area contributed by atoms with Crippen LogP contribution in [0.1, 0.15) is 30.0 Å². The number of methoxy groups -OCH3 is 1. The second-order valence-electron chi connectivity index (χ2n) is 14.9. The number of nitrogens with one attached hydrogen (secondary N) is 1. The van der Waals surface area contributed by atoms with Crippen LogP contribution in [0, 0.1) is 5.92 Å². The van der Waals surface area contributed by atoms with Crippen molar-refractivity contribution in [3.8, 4) is 5.75 Å². The van der Waals surface area contributed by atoms with Crippen molar-refractivity contribution < 1.29 is 58.2 Å². The van der Waals surface area contributed by atoms with E-state index in [1.807, 2.05) is 30.3 Å². The molecule has 1 spiro atoms. The molecule has 2 saturated heterocycles. The fourth-order valence-electron chi connectivity index (χ4n) is 8.20. The zero-order valence-electron chi connectivity index (χ0n) is 31.0. The van der Waals surface area contributed by atoms with Crippen LogP contribution in [0.4, 0.5) is 15.5 Å². The second kappa shape index (κ2) is 16.1. The number of hydrogen-bond donors (Lipinski definition) is 6. The Labute approximate surface area is 319 Å². The lowest BCUT2D eigenvalue weighted by molar-refractivity contribution is -0.274. The molecule has 9 atom stereocenters. The number of nitrogens with zero attached hydrogens (tertiary/aromatic N) is 2. The number of fused-ring (bicyclic) bond motifs is 2. The van der Waals surface area contributed by atoms with Gasteiger partial charge in [-0.05, 0) is 54.6 Å². The summed E-state index contributed by atoms with van der Waals surface area (Å²) < 4.78 is 33.8. The summed E-state index contributed by atoms with van der Waals surface area (Å²) in [6.45, 7) is 5.04. The minimum absolute atomic E-state index is 0.0665. The Morgan fingerprint density at radius 1 is 0.982 bits per heavy atom. The normalized spacial score (nSPS) is 29.0. The van der Waals surface area contributed by atoms with E-state index in [-0.39, 0.29) is 44.3 Å². The van der Waals surface area contributed by atoms with Crippen molar-refractivity contribution in [2.75, 3.05) is 30.5 Å². The highest BCUT2D eigenvalue weighted by atomic mass is 28.4. The third-order valence-corrected chi connectivity index (χ3v) is 13.3. The molecule has 0 aromatic heterocycles. The van der Waals surface area contributed by atoms with Gasteiger partial charge in [0.15, 0.2) is 18.0 Å². The van der Waals surface area contributed by atoms with Crippen LogP contribution in [-0.2, 0) is 42.5 Å². The Balaban J connectivity index is 1.25. The Hall–Kier alpha value is -4.26. The number of carbonyl (C=O) groups excluding carboxylic acids is 3. The molecule has 0 bridgehead atoms. The van der Waals surface area contributed by atoms with E-state index in [1.165, 1.54) is 12.0 Å². The fraction of sp³-hybridized carbons (Fsp3) is 0.462. The topological polar surface area (TPSA) is 199 Å². The lowest BCUT2D eigenvalue weighted by Gasteiger charge is -2.37. The van der Waals surface area contributed by atoms with Gasteiger partial charge in [0.25, 0.3) is 11.8 Å². The number of aliphatic hydroxyl groups is 5. The maximum absolute atomic E-state index is 16.5. The largest absolute Gasteiger partial charge is 0.497 e. The number of aliphatic hydroxyl groups excluding tert-OH is 5. The first-order valence-electron chi connectivity index (χ1n) is 18.2. The van der Waals surface area contributed by atoms with Gasteiger partial charge in [-0.15, -0.1) is 0 Å². The standard InChI is InChI=1S/C39H48FN3O11Si/c1-22-35(55(3,4)40)29(19-30(45)42(16-17-44)20-23-8-6-5-7-9-23)54-39(22)27-18-26(52-2)14-15-28(27)43(38(39)51)21-24-10-12-25(13-11-24)41-36(49)34-32(47)31(46)33(48)37(50)53-34/h5-15,18,22,29,31-35,37,44,46-48,50H,16-17,19-21H2,1-4H3,(H,41,49)/t22-,29+,31+,32+,33-,34+,35-,37-,39+/m1/s1. The molecule has 2 fully saturated rings. The van der Waals surface area contributed by atoms with Crippen LogP contribution in [0.5, 0.6) is 5.75 Å². The van der Waals surface area contributed by atoms with Crippen molar-refractivity contribution in [2.45, 2.75) is 87.5 Å². The maximum atomic E-state index is 16.5. The molecule has 6 N–H and O–H groups in total. The number of carbonyl (C=O) groups is 3. The van der Waals surface area contributed by atoms with E-state index >= 15 is 4.11 Å². The van der Waals surface area contributed by atoms with E-state index in [2.05, 4.69) is 5.32 Å². The van der Waals surface area contributed by atoms with Crippen molar-refractivity contribution >= 4 is 37.5 Å². The molecule has 14 nitrogen and oxygen atoms in total. The average molecular weight is 782 g/mol. The number of hydrogen-bond acceptors (Lipinski definition) is 11. The van der Waals surface area contributed by atoms with E-state index in [0.29, 0.717) is 22.6 Å². The van der Waals surface area contributed by atoms with E-state index in [0.717, 1.165) is 5.56 Å². The molecule has 55 heavy (non-hydrogen) atoms. The summed E-state index contributed by atoms with van der Waals surface area (Å²) in [7, 11) is -2.10. The average Bonchev–Trinajstić information content (AvgIpc) is 3.58. The third-order valence-electron chi connectivity index (χ3n) is 10.9. The molecule has 296 valence electrons. The molecule has 6 rings (SSSR count). The Bertz CT molecular complexity index is 1870. The number of benzene rings is 3. The van der Waals surface area contributed by atoms with Gasteiger partial charge < -0.3 is 59.0 Å². The number of ether oxygens (including phenoxy) is 3. The molecule has 0 radical (unpaired) electrons. The van der Waals surface area contributed by atoms with Crippen LogP contribution in [-0.4, -0.2) is 114 Å². The fourth-order valence-corrected chi connectivity index (χ4v) is 10.7. The van der Waals surface area contributed by atoms with E-state index in [4.69, 9.17) is 14.2 Å². The van der Waals surface area contributed by atoms with Gasteiger partial charge in [0.05, 0.1) is 38.5 Å². The van der Waals surface area contributed by atoms with Gasteiger partial charge in [-0.1, -0.05) is 49.4 Å². The summed E-state index contributed by atoms with van der Waals surface area (Å²) in [5, 5.41) is 52.1. The van der Waals surface area contributed by atoms with E-state index in [9.17, 15) is 39.9 Å². The Kier molecular flexibility index (Phi) is 11.8. The van der Waals surface area contributed by atoms with Gasteiger partial charge in [-0.25, -0.2) is 0 Å². The van der Waals surface area contributed by atoms with Crippen LogP contribution in [0.15, 0.2) is 72.8 Å². The van der Waals surface area contributed by atoms with Crippen molar-refractivity contribution in [2.24, 2.45) is 5.92 Å². The second-order valence-corrected chi connectivity index (χ2v) is 18.7. The minimum atomic E-state index is -3.60. The monoisotopic (exact) mass is 781 g/mol. The van der Waals surface area contributed by atoms with Crippen molar-refractivity contribution in [3.63, 3.8) is 0 Å². The number of rotatable bonds is 12. The smallest absolute Gasteiger partial charge is 0.264 e. The van der Waals surface area contributed by atoms with Gasteiger partial charge >= 0.3 is 0 Å².